The largest absolute Gasteiger partial charge is 0.292 e. The molecule has 1 heterocycles. The first-order chi connectivity index (χ1) is 6.08. The fourth-order valence-corrected chi connectivity index (χ4v) is 0.909. The number of hydrogen-bond acceptors (Lipinski definition) is 3. The van der Waals surface area contributed by atoms with Crippen molar-refractivity contribution in [2.24, 2.45) is 5.41 Å². The van der Waals surface area contributed by atoms with Crippen LogP contribution in [-0.4, -0.2) is 10.8 Å². The molecule has 0 fully saturated rings. The highest BCUT2D eigenvalue weighted by atomic mass is 16.1. The lowest BCUT2D eigenvalue weighted by atomic mass is 9.86. The molecular weight excluding hydrogens is 164 g/mol. The van der Waals surface area contributed by atoms with E-state index >= 15 is 0 Å². The van der Waals surface area contributed by atoms with Crippen LogP contribution < -0.4 is 0 Å². The Morgan fingerprint density at radius 2 is 2.31 bits per heavy atom. The molecule has 13 heavy (non-hydrogen) atoms. The molecule has 0 saturated heterocycles. The van der Waals surface area contributed by atoms with Gasteiger partial charge in [0.1, 0.15) is 5.41 Å². The first-order valence-electron chi connectivity index (χ1n) is 3.94. The van der Waals surface area contributed by atoms with Crippen LogP contribution in [0.4, 0.5) is 0 Å². The summed E-state index contributed by atoms with van der Waals surface area (Å²) in [5.74, 6) is -0.192. The highest BCUT2D eigenvalue weighted by molar-refractivity contribution is 6.01. The minimum atomic E-state index is -0.969. The number of Topliss-reactive ketones (excluding diaryl/α,β-unsaturated/α-hetero) is 1. The summed E-state index contributed by atoms with van der Waals surface area (Å²) in [5, 5.41) is 8.73. The Morgan fingerprint density at radius 3 is 2.77 bits per heavy atom. The minimum Gasteiger partial charge on any atom is -0.292 e. The summed E-state index contributed by atoms with van der Waals surface area (Å²) < 4.78 is 0. The van der Waals surface area contributed by atoms with E-state index in [-0.39, 0.29) is 5.78 Å². The summed E-state index contributed by atoms with van der Waals surface area (Å²) in [6.45, 7) is 3.20. The quantitative estimate of drug-likeness (QED) is 0.642. The first-order valence-corrected chi connectivity index (χ1v) is 3.94. The lowest BCUT2D eigenvalue weighted by Crippen LogP contribution is -2.22. The van der Waals surface area contributed by atoms with E-state index in [0.717, 1.165) is 0 Å². The van der Waals surface area contributed by atoms with Crippen molar-refractivity contribution in [1.29, 1.82) is 5.26 Å². The van der Waals surface area contributed by atoms with Crippen LogP contribution >= 0.6 is 0 Å². The Morgan fingerprint density at radius 1 is 1.62 bits per heavy atom. The van der Waals surface area contributed by atoms with E-state index in [0.29, 0.717) is 5.56 Å². The SMILES string of the molecule is CC(C)(C#N)C(=O)c1cccnc1. The molecule has 0 spiro atoms. The summed E-state index contributed by atoms with van der Waals surface area (Å²) >= 11 is 0. The molecular formula is C10H10N2O. The van der Waals surface area contributed by atoms with Gasteiger partial charge in [0.05, 0.1) is 6.07 Å². The van der Waals surface area contributed by atoms with Gasteiger partial charge in [-0.3, -0.25) is 9.78 Å². The van der Waals surface area contributed by atoms with Crippen molar-refractivity contribution < 1.29 is 4.79 Å². The second kappa shape index (κ2) is 3.36. The van der Waals surface area contributed by atoms with Crippen LogP contribution in [0.2, 0.25) is 0 Å². The zero-order valence-electron chi connectivity index (χ0n) is 7.61. The minimum absolute atomic E-state index is 0.192. The Kier molecular flexibility index (Phi) is 2.43. The fourth-order valence-electron chi connectivity index (χ4n) is 0.909. The molecule has 0 N–H and O–H groups in total. The van der Waals surface area contributed by atoms with Gasteiger partial charge in [-0.15, -0.1) is 0 Å². The van der Waals surface area contributed by atoms with Gasteiger partial charge in [0.25, 0.3) is 0 Å². The van der Waals surface area contributed by atoms with E-state index in [1.165, 1.54) is 6.20 Å². The molecule has 0 radical (unpaired) electrons. The van der Waals surface area contributed by atoms with Crippen molar-refractivity contribution in [3.63, 3.8) is 0 Å². The molecule has 0 unspecified atom stereocenters. The van der Waals surface area contributed by atoms with Gasteiger partial charge in [0.15, 0.2) is 5.78 Å². The number of nitrogens with zero attached hydrogens (tertiary/aromatic N) is 2. The third kappa shape index (κ3) is 1.91. The molecule has 0 amide bonds. The van der Waals surface area contributed by atoms with Crippen LogP contribution in [0.5, 0.6) is 0 Å². The Labute approximate surface area is 77.0 Å². The normalized spacial score (nSPS) is 10.5. The number of rotatable bonds is 2. The van der Waals surface area contributed by atoms with Crippen LogP contribution in [0.3, 0.4) is 0 Å². The van der Waals surface area contributed by atoms with Crippen molar-refractivity contribution in [2.45, 2.75) is 13.8 Å². The van der Waals surface area contributed by atoms with Gasteiger partial charge in [0, 0.05) is 18.0 Å². The molecule has 0 aliphatic rings. The van der Waals surface area contributed by atoms with Crippen LogP contribution in [0.1, 0.15) is 24.2 Å². The van der Waals surface area contributed by atoms with Crippen molar-refractivity contribution in [3.8, 4) is 6.07 Å². The number of carbonyl (C=O) groups excluding carboxylic acids is 1. The summed E-state index contributed by atoms with van der Waals surface area (Å²) in [7, 11) is 0. The number of ketones is 1. The van der Waals surface area contributed by atoms with Crippen LogP contribution in [0.15, 0.2) is 24.5 Å². The zero-order chi connectivity index (χ0) is 9.90. The molecule has 0 aliphatic heterocycles. The lowest BCUT2D eigenvalue weighted by molar-refractivity contribution is 0.0891. The second-order valence-corrected chi connectivity index (χ2v) is 3.31. The van der Waals surface area contributed by atoms with Crippen molar-refractivity contribution in [3.05, 3.63) is 30.1 Å². The topological polar surface area (TPSA) is 53.8 Å². The van der Waals surface area contributed by atoms with E-state index in [1.54, 1.807) is 32.2 Å². The highest BCUT2D eigenvalue weighted by Gasteiger charge is 2.28. The third-order valence-corrected chi connectivity index (χ3v) is 1.77. The molecule has 1 aromatic rings. The summed E-state index contributed by atoms with van der Waals surface area (Å²) in [6, 6.07) is 5.30. The maximum absolute atomic E-state index is 11.6. The van der Waals surface area contributed by atoms with Gasteiger partial charge in [0.2, 0.25) is 0 Å². The second-order valence-electron chi connectivity index (χ2n) is 3.31. The first kappa shape index (κ1) is 9.40. The van der Waals surface area contributed by atoms with Crippen molar-refractivity contribution in [2.75, 3.05) is 0 Å². The zero-order valence-corrected chi connectivity index (χ0v) is 7.61. The highest BCUT2D eigenvalue weighted by Crippen LogP contribution is 2.19. The number of carbonyl (C=O) groups is 1. The number of aromatic nitrogens is 1. The standard InChI is InChI=1S/C10H10N2O/c1-10(2,7-11)9(13)8-4-3-5-12-6-8/h3-6H,1-2H3. The fraction of sp³-hybridized carbons (Fsp3) is 0.300. The van der Waals surface area contributed by atoms with Crippen LogP contribution in [0, 0.1) is 16.7 Å². The number of nitriles is 1. The average Bonchev–Trinajstić information content (AvgIpc) is 2.18. The Bertz CT molecular complexity index is 349. The van der Waals surface area contributed by atoms with Gasteiger partial charge in [-0.2, -0.15) is 5.26 Å². The Hall–Kier alpha value is -1.69. The Balaban J connectivity index is 3.01. The van der Waals surface area contributed by atoms with E-state index in [4.69, 9.17) is 5.26 Å². The van der Waals surface area contributed by atoms with Crippen LogP contribution in [0.25, 0.3) is 0 Å². The third-order valence-electron chi connectivity index (χ3n) is 1.77. The number of pyridine rings is 1. The van der Waals surface area contributed by atoms with Crippen molar-refractivity contribution >= 4 is 5.78 Å². The predicted molar refractivity (Wildman–Crippen MR) is 48.0 cm³/mol. The molecule has 0 aromatic carbocycles. The maximum Gasteiger partial charge on any atom is 0.184 e. The molecule has 0 atom stereocenters. The predicted octanol–water partition coefficient (Wildman–Crippen LogP) is 1.81. The molecule has 0 saturated carbocycles. The average molecular weight is 174 g/mol. The van der Waals surface area contributed by atoms with E-state index in [1.807, 2.05) is 6.07 Å². The molecule has 3 nitrogen and oxygen atoms in total. The molecule has 0 bridgehead atoms. The van der Waals surface area contributed by atoms with Gasteiger partial charge in [-0.05, 0) is 26.0 Å². The molecule has 1 rings (SSSR count). The monoisotopic (exact) mass is 174 g/mol. The smallest absolute Gasteiger partial charge is 0.184 e. The summed E-state index contributed by atoms with van der Waals surface area (Å²) in [5.41, 5.74) is -0.489. The summed E-state index contributed by atoms with van der Waals surface area (Å²) in [4.78, 5) is 15.5. The van der Waals surface area contributed by atoms with E-state index in [2.05, 4.69) is 4.98 Å². The van der Waals surface area contributed by atoms with Gasteiger partial charge < -0.3 is 0 Å². The van der Waals surface area contributed by atoms with Crippen molar-refractivity contribution in [1.82, 2.24) is 4.98 Å². The van der Waals surface area contributed by atoms with Crippen LogP contribution in [-0.2, 0) is 0 Å². The summed E-state index contributed by atoms with van der Waals surface area (Å²) in [6.07, 6.45) is 3.07. The van der Waals surface area contributed by atoms with Gasteiger partial charge in [-0.25, -0.2) is 0 Å². The van der Waals surface area contributed by atoms with E-state index < -0.39 is 5.41 Å². The van der Waals surface area contributed by atoms with E-state index in [9.17, 15) is 4.79 Å². The lowest BCUT2D eigenvalue weighted by Gasteiger charge is -2.12. The maximum atomic E-state index is 11.6. The van der Waals surface area contributed by atoms with Gasteiger partial charge in [-0.1, -0.05) is 0 Å². The molecule has 66 valence electrons. The number of hydrogen-bond donors (Lipinski definition) is 0. The molecule has 0 aliphatic carbocycles. The molecule has 3 heteroatoms. The van der Waals surface area contributed by atoms with Gasteiger partial charge >= 0.3 is 0 Å². The molecule has 1 aromatic heterocycles.